The van der Waals surface area contributed by atoms with Crippen molar-refractivity contribution in [2.45, 2.75) is 20.0 Å². The highest BCUT2D eigenvalue weighted by atomic mass is 35.5. The first-order valence-corrected chi connectivity index (χ1v) is 6.72. The van der Waals surface area contributed by atoms with E-state index in [0.717, 1.165) is 35.0 Å². The van der Waals surface area contributed by atoms with Crippen molar-refractivity contribution in [3.05, 3.63) is 53.3 Å². The summed E-state index contributed by atoms with van der Waals surface area (Å²) in [6, 6.07) is 9.61. The maximum Gasteiger partial charge on any atom is 0.140 e. The van der Waals surface area contributed by atoms with Crippen LogP contribution >= 0.6 is 11.6 Å². The number of halogens is 1. The molecule has 3 nitrogen and oxygen atoms in total. The summed E-state index contributed by atoms with van der Waals surface area (Å²) in [4.78, 5) is 4.15. The maximum absolute atomic E-state index is 6.08. The van der Waals surface area contributed by atoms with Gasteiger partial charge in [0.05, 0.1) is 18.1 Å². The molecule has 1 N–H and O–H groups in total. The number of ether oxygens (including phenoxy) is 1. The molecular weight excluding hydrogens is 260 g/mol. The molecule has 0 bridgehead atoms. The molecule has 1 heterocycles. The summed E-state index contributed by atoms with van der Waals surface area (Å²) in [5, 5.41) is 3.99. The molecule has 4 heteroatoms. The first-order chi connectivity index (χ1) is 9.29. The van der Waals surface area contributed by atoms with Gasteiger partial charge in [-0.25, -0.2) is 0 Å². The Balaban J connectivity index is 1.98. The zero-order chi connectivity index (χ0) is 13.5. The maximum atomic E-state index is 6.08. The third-order valence-corrected chi connectivity index (χ3v) is 3.01. The number of nitrogens with zero attached hydrogens (tertiary/aromatic N) is 1. The van der Waals surface area contributed by atoms with Gasteiger partial charge in [0.2, 0.25) is 0 Å². The molecule has 0 aliphatic rings. The molecule has 0 amide bonds. The number of rotatable bonds is 6. The van der Waals surface area contributed by atoms with Gasteiger partial charge in [-0.15, -0.1) is 0 Å². The monoisotopic (exact) mass is 276 g/mol. The van der Waals surface area contributed by atoms with Crippen LogP contribution in [0, 0.1) is 0 Å². The van der Waals surface area contributed by atoms with E-state index in [-0.39, 0.29) is 0 Å². The topological polar surface area (TPSA) is 34.2 Å². The number of hydrogen-bond donors (Lipinski definition) is 1. The van der Waals surface area contributed by atoms with E-state index in [0.29, 0.717) is 6.61 Å². The summed E-state index contributed by atoms with van der Waals surface area (Å²) in [5.74, 6) is 0.737. The van der Waals surface area contributed by atoms with Crippen molar-refractivity contribution in [3.63, 3.8) is 0 Å². The van der Waals surface area contributed by atoms with Crippen molar-refractivity contribution >= 4 is 17.3 Å². The predicted molar refractivity (Wildman–Crippen MR) is 78.8 cm³/mol. The number of hydrogen-bond acceptors (Lipinski definition) is 3. The molecule has 0 fully saturated rings. The average Bonchev–Trinajstić information content (AvgIpc) is 2.45. The van der Waals surface area contributed by atoms with Gasteiger partial charge in [0.1, 0.15) is 12.4 Å². The lowest BCUT2D eigenvalue weighted by atomic mass is 10.2. The lowest BCUT2D eigenvalue weighted by Gasteiger charge is -2.09. The fraction of sp³-hybridized carbons (Fsp3) is 0.267. The van der Waals surface area contributed by atoms with Crippen LogP contribution in [0.4, 0.5) is 5.69 Å². The summed E-state index contributed by atoms with van der Waals surface area (Å²) in [6.45, 7) is 3.49. The molecule has 0 radical (unpaired) electrons. The van der Waals surface area contributed by atoms with Gasteiger partial charge >= 0.3 is 0 Å². The Labute approximate surface area is 118 Å². The standard InChI is InChI=1S/C15H17ClN2O/c1-2-7-18-13-8-14(10-17-9-13)19-11-12-5-3-4-6-15(12)16/h3-6,8-10,18H,2,7,11H2,1H3. The fourth-order valence-electron chi connectivity index (χ4n) is 1.64. The van der Waals surface area contributed by atoms with Gasteiger partial charge in [0.15, 0.2) is 0 Å². The molecule has 1 aromatic carbocycles. The van der Waals surface area contributed by atoms with Crippen molar-refractivity contribution < 1.29 is 4.74 Å². The second-order valence-electron chi connectivity index (χ2n) is 4.22. The summed E-state index contributed by atoms with van der Waals surface area (Å²) in [6.07, 6.45) is 4.57. The molecule has 2 rings (SSSR count). The number of anilines is 1. The second-order valence-corrected chi connectivity index (χ2v) is 4.62. The van der Waals surface area contributed by atoms with Crippen LogP contribution < -0.4 is 10.1 Å². The van der Waals surface area contributed by atoms with Crippen LogP contribution in [0.5, 0.6) is 5.75 Å². The van der Waals surface area contributed by atoms with E-state index in [2.05, 4.69) is 17.2 Å². The molecule has 0 atom stereocenters. The largest absolute Gasteiger partial charge is 0.487 e. The Morgan fingerprint density at radius 3 is 2.89 bits per heavy atom. The van der Waals surface area contributed by atoms with E-state index < -0.39 is 0 Å². The first kappa shape index (κ1) is 13.7. The van der Waals surface area contributed by atoms with Gasteiger partial charge < -0.3 is 10.1 Å². The number of benzene rings is 1. The molecular formula is C15H17ClN2O. The molecule has 0 saturated carbocycles. The molecule has 0 saturated heterocycles. The minimum atomic E-state index is 0.443. The highest BCUT2D eigenvalue weighted by Crippen LogP contribution is 2.20. The van der Waals surface area contributed by atoms with Crippen molar-refractivity contribution in [2.75, 3.05) is 11.9 Å². The third kappa shape index (κ3) is 4.14. The van der Waals surface area contributed by atoms with E-state index in [1.807, 2.05) is 30.3 Å². The van der Waals surface area contributed by atoms with E-state index in [1.54, 1.807) is 12.4 Å². The van der Waals surface area contributed by atoms with Crippen LogP contribution in [-0.4, -0.2) is 11.5 Å². The number of aromatic nitrogens is 1. The van der Waals surface area contributed by atoms with Crippen molar-refractivity contribution in [1.29, 1.82) is 0 Å². The van der Waals surface area contributed by atoms with Gasteiger partial charge in [-0.3, -0.25) is 4.98 Å². The van der Waals surface area contributed by atoms with Crippen molar-refractivity contribution in [1.82, 2.24) is 4.98 Å². The molecule has 19 heavy (non-hydrogen) atoms. The Hall–Kier alpha value is -1.74. The molecule has 0 spiro atoms. The Morgan fingerprint density at radius 2 is 2.11 bits per heavy atom. The van der Waals surface area contributed by atoms with Crippen LogP contribution in [0.2, 0.25) is 5.02 Å². The Kier molecular flexibility index (Phi) is 5.04. The van der Waals surface area contributed by atoms with E-state index in [9.17, 15) is 0 Å². The highest BCUT2D eigenvalue weighted by molar-refractivity contribution is 6.31. The van der Waals surface area contributed by atoms with Crippen LogP contribution in [0.1, 0.15) is 18.9 Å². The molecule has 1 aromatic heterocycles. The smallest absolute Gasteiger partial charge is 0.140 e. The minimum absolute atomic E-state index is 0.443. The zero-order valence-corrected chi connectivity index (χ0v) is 11.7. The molecule has 0 aliphatic carbocycles. The highest BCUT2D eigenvalue weighted by Gasteiger charge is 2.01. The van der Waals surface area contributed by atoms with Crippen LogP contribution in [0.15, 0.2) is 42.7 Å². The van der Waals surface area contributed by atoms with Crippen LogP contribution in [0.3, 0.4) is 0 Å². The predicted octanol–water partition coefficient (Wildman–Crippen LogP) is 4.14. The zero-order valence-electron chi connectivity index (χ0n) is 10.9. The fourth-order valence-corrected chi connectivity index (χ4v) is 1.83. The van der Waals surface area contributed by atoms with Gasteiger partial charge in [-0.1, -0.05) is 36.7 Å². The third-order valence-electron chi connectivity index (χ3n) is 2.64. The van der Waals surface area contributed by atoms with E-state index in [4.69, 9.17) is 16.3 Å². The molecule has 100 valence electrons. The lowest BCUT2D eigenvalue weighted by molar-refractivity contribution is 0.305. The van der Waals surface area contributed by atoms with Gasteiger partial charge in [-0.05, 0) is 12.5 Å². The van der Waals surface area contributed by atoms with Crippen LogP contribution in [-0.2, 0) is 6.61 Å². The minimum Gasteiger partial charge on any atom is -0.487 e. The van der Waals surface area contributed by atoms with Crippen molar-refractivity contribution in [3.8, 4) is 5.75 Å². The Bertz CT molecular complexity index is 531. The van der Waals surface area contributed by atoms with E-state index in [1.165, 1.54) is 0 Å². The molecule has 0 unspecified atom stereocenters. The molecule has 0 aliphatic heterocycles. The summed E-state index contributed by atoms with van der Waals surface area (Å²) >= 11 is 6.08. The summed E-state index contributed by atoms with van der Waals surface area (Å²) in [5.41, 5.74) is 1.94. The summed E-state index contributed by atoms with van der Waals surface area (Å²) < 4.78 is 5.71. The Morgan fingerprint density at radius 1 is 1.26 bits per heavy atom. The van der Waals surface area contributed by atoms with Gasteiger partial charge in [0.25, 0.3) is 0 Å². The SMILES string of the molecule is CCCNc1cncc(OCc2ccccc2Cl)c1. The number of pyridine rings is 1. The average molecular weight is 277 g/mol. The van der Waals surface area contributed by atoms with Crippen molar-refractivity contribution in [2.24, 2.45) is 0 Å². The first-order valence-electron chi connectivity index (χ1n) is 6.34. The van der Waals surface area contributed by atoms with Crippen LogP contribution in [0.25, 0.3) is 0 Å². The molecule has 2 aromatic rings. The van der Waals surface area contributed by atoms with Gasteiger partial charge in [0, 0.05) is 23.2 Å². The van der Waals surface area contributed by atoms with Gasteiger partial charge in [-0.2, -0.15) is 0 Å². The lowest BCUT2D eigenvalue weighted by Crippen LogP contribution is -2.01. The van der Waals surface area contributed by atoms with E-state index >= 15 is 0 Å². The quantitative estimate of drug-likeness (QED) is 0.861. The summed E-state index contributed by atoms with van der Waals surface area (Å²) in [7, 11) is 0. The normalized spacial score (nSPS) is 10.2. The number of nitrogens with one attached hydrogen (secondary N) is 1. The second kappa shape index (κ2) is 7.00.